The molecule has 7 nitrogen and oxygen atoms in total. The normalized spacial score (nSPS) is 13.6. The van der Waals surface area contributed by atoms with Gasteiger partial charge in [0.05, 0.1) is 12.9 Å². The fourth-order valence-electron chi connectivity index (χ4n) is 2.54. The largest absolute Gasteiger partial charge is 0.469 e. The number of esters is 1. The maximum Gasteiger partial charge on any atom is 0.305 e. The van der Waals surface area contributed by atoms with Crippen LogP contribution in [0.4, 0.5) is 0 Å². The molecule has 1 aliphatic rings. The maximum atomic E-state index is 12.0. The van der Waals surface area contributed by atoms with Crippen molar-refractivity contribution >= 4 is 35.0 Å². The summed E-state index contributed by atoms with van der Waals surface area (Å²) in [4.78, 5) is 24.3. The van der Waals surface area contributed by atoms with Gasteiger partial charge in [0.25, 0.3) is 0 Å². The molecule has 2 heterocycles. The Morgan fingerprint density at radius 1 is 1.42 bits per heavy atom. The summed E-state index contributed by atoms with van der Waals surface area (Å²) >= 11 is 3.13. The summed E-state index contributed by atoms with van der Waals surface area (Å²) < 4.78 is 6.76. The van der Waals surface area contributed by atoms with Gasteiger partial charge in [0.1, 0.15) is 5.82 Å². The standard InChI is InChI=1S/C17H22N4O3S2/c1-24-16(23)5-2-8-18-15(22)11-26-17-20-19-14(21(17)12-6-7-12)10-13-4-3-9-25-13/h3-4,9,12H,2,5-8,10-11H2,1H3,(H,18,22). The molecule has 1 N–H and O–H groups in total. The summed E-state index contributed by atoms with van der Waals surface area (Å²) in [6, 6.07) is 4.61. The number of ether oxygens (including phenoxy) is 1. The molecule has 0 bridgehead atoms. The van der Waals surface area contributed by atoms with E-state index < -0.39 is 0 Å². The number of thioether (sulfide) groups is 1. The van der Waals surface area contributed by atoms with Crippen LogP contribution in [0.3, 0.4) is 0 Å². The zero-order valence-corrected chi connectivity index (χ0v) is 16.3. The highest BCUT2D eigenvalue weighted by atomic mass is 32.2. The lowest BCUT2D eigenvalue weighted by Gasteiger charge is -2.08. The fourth-order valence-corrected chi connectivity index (χ4v) is 4.09. The van der Waals surface area contributed by atoms with Crippen LogP contribution in [0.2, 0.25) is 0 Å². The van der Waals surface area contributed by atoms with Gasteiger partial charge in [0.15, 0.2) is 5.16 Å². The average molecular weight is 395 g/mol. The number of hydrogen-bond donors (Lipinski definition) is 1. The monoisotopic (exact) mass is 394 g/mol. The Bertz CT molecular complexity index is 741. The number of carbonyl (C=O) groups excluding carboxylic acids is 2. The Labute approximate surface area is 160 Å². The van der Waals surface area contributed by atoms with E-state index in [1.165, 1.54) is 23.7 Å². The minimum absolute atomic E-state index is 0.0648. The first-order valence-corrected chi connectivity index (χ1v) is 10.5. The number of hydrogen-bond acceptors (Lipinski definition) is 7. The molecule has 0 aliphatic heterocycles. The van der Waals surface area contributed by atoms with Crippen LogP contribution in [0, 0.1) is 0 Å². The molecule has 3 rings (SSSR count). The fraction of sp³-hybridized carbons (Fsp3) is 0.529. The molecule has 0 aromatic carbocycles. The Morgan fingerprint density at radius 2 is 2.27 bits per heavy atom. The van der Waals surface area contributed by atoms with E-state index in [1.807, 2.05) is 6.07 Å². The molecule has 0 unspecified atom stereocenters. The topological polar surface area (TPSA) is 86.1 Å². The van der Waals surface area contributed by atoms with E-state index in [2.05, 4.69) is 36.3 Å². The lowest BCUT2D eigenvalue weighted by Crippen LogP contribution is -2.26. The zero-order chi connectivity index (χ0) is 18.4. The number of thiophene rings is 1. The second-order valence-electron chi connectivity index (χ2n) is 6.07. The van der Waals surface area contributed by atoms with Crippen molar-refractivity contribution in [3.8, 4) is 0 Å². The number of nitrogens with one attached hydrogen (secondary N) is 1. The number of aromatic nitrogens is 3. The first-order valence-electron chi connectivity index (χ1n) is 8.60. The summed E-state index contributed by atoms with van der Waals surface area (Å²) in [6.07, 6.45) is 3.95. The van der Waals surface area contributed by atoms with Crippen molar-refractivity contribution < 1.29 is 14.3 Å². The van der Waals surface area contributed by atoms with E-state index in [4.69, 9.17) is 0 Å². The van der Waals surface area contributed by atoms with Gasteiger partial charge < -0.3 is 14.6 Å². The molecule has 2 aromatic rings. The maximum absolute atomic E-state index is 12.0. The molecule has 1 fully saturated rings. The van der Waals surface area contributed by atoms with Gasteiger partial charge in [-0.15, -0.1) is 21.5 Å². The summed E-state index contributed by atoms with van der Waals surface area (Å²) in [5.74, 6) is 0.938. The Hall–Kier alpha value is -1.87. The lowest BCUT2D eigenvalue weighted by molar-refractivity contribution is -0.140. The molecule has 1 saturated carbocycles. The highest BCUT2D eigenvalue weighted by Crippen LogP contribution is 2.39. The van der Waals surface area contributed by atoms with Crippen molar-refractivity contribution in [3.05, 3.63) is 28.2 Å². The van der Waals surface area contributed by atoms with Crippen molar-refractivity contribution in [2.75, 3.05) is 19.4 Å². The van der Waals surface area contributed by atoms with Gasteiger partial charge in [-0.1, -0.05) is 17.8 Å². The van der Waals surface area contributed by atoms with Crippen LogP contribution < -0.4 is 5.32 Å². The summed E-state index contributed by atoms with van der Waals surface area (Å²) in [6.45, 7) is 0.466. The highest BCUT2D eigenvalue weighted by Gasteiger charge is 2.29. The van der Waals surface area contributed by atoms with Crippen molar-refractivity contribution in [3.63, 3.8) is 0 Å². The molecular weight excluding hydrogens is 372 g/mol. The summed E-state index contributed by atoms with van der Waals surface area (Å²) in [5, 5.41) is 14.3. The predicted molar refractivity (Wildman–Crippen MR) is 100 cm³/mol. The van der Waals surface area contributed by atoms with E-state index in [0.29, 0.717) is 31.2 Å². The van der Waals surface area contributed by atoms with E-state index in [9.17, 15) is 9.59 Å². The Kier molecular flexibility index (Phi) is 6.67. The molecule has 9 heteroatoms. The first-order chi connectivity index (χ1) is 12.7. The van der Waals surface area contributed by atoms with Gasteiger partial charge in [0.2, 0.25) is 5.91 Å². The molecule has 2 aromatic heterocycles. The number of amides is 1. The summed E-state index contributed by atoms with van der Waals surface area (Å²) in [7, 11) is 1.36. The summed E-state index contributed by atoms with van der Waals surface area (Å²) in [5.41, 5.74) is 0. The van der Waals surface area contributed by atoms with E-state index in [1.54, 1.807) is 11.3 Å². The number of carbonyl (C=O) groups is 2. The molecule has 1 amide bonds. The smallest absolute Gasteiger partial charge is 0.305 e. The quantitative estimate of drug-likeness (QED) is 0.378. The van der Waals surface area contributed by atoms with Crippen LogP contribution >= 0.6 is 23.1 Å². The van der Waals surface area contributed by atoms with Crippen molar-refractivity contribution in [2.45, 2.75) is 43.3 Å². The van der Waals surface area contributed by atoms with Crippen molar-refractivity contribution in [2.24, 2.45) is 0 Å². The Morgan fingerprint density at radius 3 is 2.96 bits per heavy atom. The predicted octanol–water partition coefficient (Wildman–Crippen LogP) is 2.43. The molecule has 0 spiro atoms. The minimum atomic E-state index is -0.260. The molecule has 26 heavy (non-hydrogen) atoms. The minimum Gasteiger partial charge on any atom is -0.469 e. The first kappa shape index (κ1) is 18.9. The second kappa shape index (κ2) is 9.18. The van der Waals surface area contributed by atoms with E-state index in [-0.39, 0.29) is 11.9 Å². The van der Waals surface area contributed by atoms with Gasteiger partial charge in [-0.25, -0.2) is 0 Å². The second-order valence-corrected chi connectivity index (χ2v) is 8.05. The van der Waals surface area contributed by atoms with Gasteiger partial charge in [-0.3, -0.25) is 9.59 Å². The van der Waals surface area contributed by atoms with Crippen LogP contribution in [0.5, 0.6) is 0 Å². The van der Waals surface area contributed by atoms with Crippen LogP contribution in [-0.2, 0) is 20.7 Å². The third-order valence-electron chi connectivity index (χ3n) is 4.00. The van der Waals surface area contributed by atoms with E-state index >= 15 is 0 Å². The third-order valence-corrected chi connectivity index (χ3v) is 5.82. The molecule has 1 aliphatic carbocycles. The highest BCUT2D eigenvalue weighted by molar-refractivity contribution is 7.99. The van der Waals surface area contributed by atoms with Crippen LogP contribution in [-0.4, -0.2) is 46.0 Å². The van der Waals surface area contributed by atoms with Crippen LogP contribution in [0.1, 0.15) is 42.4 Å². The van der Waals surface area contributed by atoms with Crippen LogP contribution in [0.15, 0.2) is 22.7 Å². The lowest BCUT2D eigenvalue weighted by atomic mass is 10.3. The Balaban J connectivity index is 1.49. The van der Waals surface area contributed by atoms with Crippen LogP contribution in [0.25, 0.3) is 0 Å². The third kappa shape index (κ3) is 5.31. The van der Waals surface area contributed by atoms with E-state index in [0.717, 1.165) is 30.2 Å². The average Bonchev–Trinajstić information content (AvgIpc) is 3.19. The van der Waals surface area contributed by atoms with Gasteiger partial charge in [-0.2, -0.15) is 0 Å². The van der Waals surface area contributed by atoms with Gasteiger partial charge in [-0.05, 0) is 30.7 Å². The SMILES string of the molecule is COC(=O)CCCNC(=O)CSc1nnc(Cc2cccs2)n1C1CC1. The van der Waals surface area contributed by atoms with Gasteiger partial charge >= 0.3 is 5.97 Å². The number of rotatable bonds is 10. The number of methoxy groups -OCH3 is 1. The van der Waals surface area contributed by atoms with Crippen molar-refractivity contribution in [1.82, 2.24) is 20.1 Å². The molecule has 0 radical (unpaired) electrons. The van der Waals surface area contributed by atoms with Crippen molar-refractivity contribution in [1.29, 1.82) is 0 Å². The number of nitrogens with zero attached hydrogens (tertiary/aromatic N) is 3. The molecular formula is C17H22N4O3S2. The molecule has 0 saturated heterocycles. The van der Waals surface area contributed by atoms with Gasteiger partial charge in [0, 0.05) is 30.3 Å². The molecule has 0 atom stereocenters. The molecule has 140 valence electrons. The zero-order valence-electron chi connectivity index (χ0n) is 14.6.